The predicted molar refractivity (Wildman–Crippen MR) is 88.8 cm³/mol. The Morgan fingerprint density at radius 3 is 2.92 bits per heavy atom. The summed E-state index contributed by atoms with van der Waals surface area (Å²) in [6, 6.07) is 6.16. The van der Waals surface area contributed by atoms with Crippen molar-refractivity contribution in [3.05, 3.63) is 47.5 Å². The number of nitrogens with zero attached hydrogens (tertiary/aromatic N) is 5. The number of benzene rings is 1. The van der Waals surface area contributed by atoms with E-state index in [0.29, 0.717) is 5.82 Å². The fourth-order valence-electron chi connectivity index (χ4n) is 3.14. The molecule has 1 atom stereocenters. The molecule has 1 fully saturated rings. The van der Waals surface area contributed by atoms with Crippen LogP contribution < -0.4 is 0 Å². The molecule has 0 radical (unpaired) electrons. The van der Waals surface area contributed by atoms with Gasteiger partial charge in [0.05, 0.1) is 23.3 Å². The number of hydrogen-bond donors (Lipinski definition) is 1. The Kier molecular flexibility index (Phi) is 3.91. The summed E-state index contributed by atoms with van der Waals surface area (Å²) >= 11 is 1.23. The van der Waals surface area contributed by atoms with Gasteiger partial charge in [0.1, 0.15) is 16.9 Å². The molecule has 7 nitrogen and oxygen atoms in total. The van der Waals surface area contributed by atoms with Gasteiger partial charge >= 0.3 is 5.97 Å². The summed E-state index contributed by atoms with van der Waals surface area (Å²) in [6.45, 7) is 1.72. The van der Waals surface area contributed by atoms with Gasteiger partial charge in [0.2, 0.25) is 0 Å². The highest BCUT2D eigenvalue weighted by Gasteiger charge is 2.29. The highest BCUT2D eigenvalue weighted by atomic mass is 32.1. The number of carbonyl (C=O) groups is 1. The lowest BCUT2D eigenvalue weighted by Gasteiger charge is -2.23. The minimum Gasteiger partial charge on any atom is -0.478 e. The smallest absolute Gasteiger partial charge is 0.338 e. The monoisotopic (exact) mass is 341 g/mol. The van der Waals surface area contributed by atoms with E-state index >= 15 is 0 Å². The summed E-state index contributed by atoms with van der Waals surface area (Å²) in [6.07, 6.45) is 4.80. The van der Waals surface area contributed by atoms with Gasteiger partial charge in [-0.05, 0) is 31.0 Å². The summed E-state index contributed by atoms with van der Waals surface area (Å²) < 4.78 is 8.69. The molecule has 2 aromatic heterocycles. The van der Waals surface area contributed by atoms with Gasteiger partial charge in [-0.1, -0.05) is 12.1 Å². The van der Waals surface area contributed by atoms with Crippen molar-refractivity contribution in [2.24, 2.45) is 0 Å². The minimum atomic E-state index is -1.01. The standard InChI is InChI=1S/C16H15N5O2S/c22-16(23)11-7-17-15(18-8-11)13-5-2-6-21(13)9-10-3-1-4-12-14(10)20-24-19-12/h1,3-4,7-8,13H,2,5-6,9H2,(H,22,23). The molecule has 8 heteroatoms. The van der Waals surface area contributed by atoms with Gasteiger partial charge in [0, 0.05) is 18.9 Å². The Morgan fingerprint density at radius 2 is 2.12 bits per heavy atom. The zero-order valence-electron chi connectivity index (χ0n) is 12.8. The maximum absolute atomic E-state index is 10.9. The van der Waals surface area contributed by atoms with Gasteiger partial charge in [-0.2, -0.15) is 8.75 Å². The minimum absolute atomic E-state index is 0.106. The number of aromatic nitrogens is 4. The van der Waals surface area contributed by atoms with Crippen molar-refractivity contribution in [2.75, 3.05) is 6.54 Å². The van der Waals surface area contributed by atoms with Crippen LogP contribution in [0.5, 0.6) is 0 Å². The van der Waals surface area contributed by atoms with Crippen LogP contribution in [0.1, 0.15) is 40.6 Å². The van der Waals surface area contributed by atoms with E-state index in [9.17, 15) is 4.79 Å². The third-order valence-electron chi connectivity index (χ3n) is 4.32. The van der Waals surface area contributed by atoms with E-state index in [1.807, 2.05) is 12.1 Å². The molecule has 1 aromatic carbocycles. The van der Waals surface area contributed by atoms with Gasteiger partial charge in [-0.15, -0.1) is 0 Å². The molecule has 0 saturated carbocycles. The number of hydrogen-bond acceptors (Lipinski definition) is 7. The molecule has 1 saturated heterocycles. The molecule has 0 bridgehead atoms. The molecule has 3 aromatic rings. The molecule has 1 N–H and O–H groups in total. The molecule has 1 unspecified atom stereocenters. The molecule has 0 spiro atoms. The molecule has 0 aliphatic carbocycles. The second kappa shape index (κ2) is 6.21. The van der Waals surface area contributed by atoms with Crippen LogP contribution in [0.25, 0.3) is 11.0 Å². The Hall–Kier alpha value is -2.45. The zero-order valence-corrected chi connectivity index (χ0v) is 13.6. The first-order valence-electron chi connectivity index (χ1n) is 7.72. The highest BCUT2D eigenvalue weighted by molar-refractivity contribution is 7.00. The number of carboxylic acid groups (broad SMARTS) is 1. The van der Waals surface area contributed by atoms with Crippen LogP contribution >= 0.6 is 11.7 Å². The first kappa shape index (κ1) is 15.1. The lowest BCUT2D eigenvalue weighted by Crippen LogP contribution is -2.24. The van der Waals surface area contributed by atoms with E-state index in [1.54, 1.807) is 0 Å². The number of aromatic carboxylic acids is 1. The van der Waals surface area contributed by atoms with Crippen molar-refractivity contribution in [3.63, 3.8) is 0 Å². The van der Waals surface area contributed by atoms with E-state index in [2.05, 4.69) is 29.7 Å². The van der Waals surface area contributed by atoms with E-state index in [0.717, 1.165) is 42.5 Å². The Morgan fingerprint density at radius 1 is 1.29 bits per heavy atom. The third kappa shape index (κ3) is 2.74. The van der Waals surface area contributed by atoms with E-state index in [-0.39, 0.29) is 11.6 Å². The second-order valence-electron chi connectivity index (χ2n) is 5.81. The fraction of sp³-hybridized carbons (Fsp3) is 0.312. The van der Waals surface area contributed by atoms with Crippen molar-refractivity contribution >= 4 is 28.7 Å². The molecule has 3 heterocycles. The first-order valence-corrected chi connectivity index (χ1v) is 8.45. The van der Waals surface area contributed by atoms with Gasteiger partial charge < -0.3 is 5.11 Å². The van der Waals surface area contributed by atoms with Crippen molar-refractivity contribution < 1.29 is 9.90 Å². The number of fused-ring (bicyclic) bond motifs is 1. The van der Waals surface area contributed by atoms with Crippen LogP contribution in [-0.2, 0) is 6.54 Å². The van der Waals surface area contributed by atoms with Crippen molar-refractivity contribution in [2.45, 2.75) is 25.4 Å². The lowest BCUT2D eigenvalue weighted by molar-refractivity contribution is 0.0695. The van der Waals surface area contributed by atoms with E-state index in [1.165, 1.54) is 24.1 Å². The van der Waals surface area contributed by atoms with Gasteiger partial charge in [-0.25, -0.2) is 14.8 Å². The topological polar surface area (TPSA) is 92.1 Å². The molecule has 122 valence electrons. The summed E-state index contributed by atoms with van der Waals surface area (Å²) in [4.78, 5) is 21.8. The number of likely N-dealkylation sites (tertiary alicyclic amines) is 1. The molecular weight excluding hydrogens is 326 g/mol. The van der Waals surface area contributed by atoms with Crippen LogP contribution in [0.4, 0.5) is 0 Å². The summed E-state index contributed by atoms with van der Waals surface area (Å²) in [7, 11) is 0. The van der Waals surface area contributed by atoms with Crippen LogP contribution in [0.2, 0.25) is 0 Å². The maximum atomic E-state index is 10.9. The Bertz CT molecular complexity index is 880. The highest BCUT2D eigenvalue weighted by Crippen LogP contribution is 2.32. The third-order valence-corrected chi connectivity index (χ3v) is 4.87. The summed E-state index contributed by atoms with van der Waals surface area (Å²) in [5, 5.41) is 8.97. The maximum Gasteiger partial charge on any atom is 0.338 e. The molecule has 1 aliphatic heterocycles. The molecule has 4 rings (SSSR count). The Labute approximate surface area is 142 Å². The zero-order chi connectivity index (χ0) is 16.5. The van der Waals surface area contributed by atoms with Crippen molar-refractivity contribution in [1.82, 2.24) is 23.6 Å². The fourth-order valence-corrected chi connectivity index (χ4v) is 3.71. The van der Waals surface area contributed by atoms with Crippen molar-refractivity contribution in [3.8, 4) is 0 Å². The molecule has 0 amide bonds. The van der Waals surface area contributed by atoms with Crippen LogP contribution in [-0.4, -0.2) is 41.2 Å². The number of rotatable bonds is 4. The van der Waals surface area contributed by atoms with Crippen molar-refractivity contribution in [1.29, 1.82) is 0 Å². The number of carboxylic acids is 1. The molecular formula is C16H15N5O2S. The molecule has 1 aliphatic rings. The average Bonchev–Trinajstić information content (AvgIpc) is 3.24. The first-order chi connectivity index (χ1) is 11.7. The lowest BCUT2D eigenvalue weighted by atomic mass is 10.1. The van der Waals surface area contributed by atoms with Crippen LogP contribution in [0, 0.1) is 0 Å². The van der Waals surface area contributed by atoms with E-state index in [4.69, 9.17) is 5.11 Å². The van der Waals surface area contributed by atoms with Crippen LogP contribution in [0.3, 0.4) is 0 Å². The van der Waals surface area contributed by atoms with Gasteiger partial charge in [-0.3, -0.25) is 4.90 Å². The Balaban J connectivity index is 1.58. The van der Waals surface area contributed by atoms with Crippen LogP contribution in [0.15, 0.2) is 30.6 Å². The second-order valence-corrected chi connectivity index (χ2v) is 6.34. The molecule has 24 heavy (non-hydrogen) atoms. The van der Waals surface area contributed by atoms with E-state index < -0.39 is 5.97 Å². The normalized spacial score (nSPS) is 18.2. The largest absolute Gasteiger partial charge is 0.478 e. The van der Waals surface area contributed by atoms with Gasteiger partial charge in [0.15, 0.2) is 0 Å². The summed E-state index contributed by atoms with van der Waals surface area (Å²) in [5.74, 6) is -0.325. The SMILES string of the molecule is O=C(O)c1cnc(C2CCCN2Cc2cccc3nsnc23)nc1. The quantitative estimate of drug-likeness (QED) is 0.779. The predicted octanol–water partition coefficient (Wildman–Crippen LogP) is 2.52. The van der Waals surface area contributed by atoms with Gasteiger partial charge in [0.25, 0.3) is 0 Å². The summed E-state index contributed by atoms with van der Waals surface area (Å²) in [5.41, 5.74) is 3.14. The average molecular weight is 341 g/mol.